The monoisotopic (exact) mass is 329 g/mol. The molecule has 4 rings (SSSR count). The van der Waals surface area contributed by atoms with Gasteiger partial charge in [-0.15, -0.1) is 0 Å². The summed E-state index contributed by atoms with van der Waals surface area (Å²) in [5, 5.41) is 4.05. The van der Waals surface area contributed by atoms with Gasteiger partial charge in [0.2, 0.25) is 11.7 Å². The fourth-order valence-corrected chi connectivity index (χ4v) is 3.11. The quantitative estimate of drug-likeness (QED) is 0.852. The Labute approximate surface area is 139 Å². The number of aromatic nitrogens is 2. The summed E-state index contributed by atoms with van der Waals surface area (Å²) >= 11 is 0. The van der Waals surface area contributed by atoms with Crippen LogP contribution in [0, 0.1) is 5.92 Å². The molecule has 1 amide bonds. The second-order valence-corrected chi connectivity index (χ2v) is 6.01. The number of carbonyl (C=O) groups excluding carboxylic acids is 1. The number of rotatable bonds is 3. The zero-order chi connectivity index (χ0) is 16.4. The lowest BCUT2D eigenvalue weighted by molar-refractivity contribution is -0.145. The predicted octanol–water partition coefficient (Wildman–Crippen LogP) is 1.67. The minimum Gasteiger partial charge on any atom is -0.381 e. The molecule has 2 fully saturated rings. The zero-order valence-corrected chi connectivity index (χ0v) is 13.3. The Morgan fingerprint density at radius 1 is 1.12 bits per heavy atom. The molecule has 0 saturated carbocycles. The summed E-state index contributed by atoms with van der Waals surface area (Å²) in [6, 6.07) is 9.28. The molecule has 3 heterocycles. The highest BCUT2D eigenvalue weighted by Crippen LogP contribution is 2.28. The molecule has 2 aliphatic rings. The Morgan fingerprint density at radius 3 is 2.75 bits per heavy atom. The molecule has 2 aliphatic heterocycles. The fraction of sp³-hybridized carbons (Fsp3) is 0.471. The van der Waals surface area contributed by atoms with Crippen LogP contribution in [0.4, 0.5) is 0 Å². The molecule has 0 spiro atoms. The molecule has 1 aromatic carbocycles. The summed E-state index contributed by atoms with van der Waals surface area (Å²) in [7, 11) is 0. The number of nitrogens with zero attached hydrogens (tertiary/aromatic N) is 3. The van der Waals surface area contributed by atoms with E-state index in [2.05, 4.69) is 10.1 Å². The van der Waals surface area contributed by atoms with Gasteiger partial charge < -0.3 is 18.9 Å². The number of amides is 1. The highest BCUT2D eigenvalue weighted by Gasteiger charge is 2.37. The molecule has 24 heavy (non-hydrogen) atoms. The van der Waals surface area contributed by atoms with Crippen LogP contribution in [-0.2, 0) is 14.3 Å². The molecular weight excluding hydrogens is 310 g/mol. The maximum absolute atomic E-state index is 12.8. The molecule has 0 aliphatic carbocycles. The molecule has 0 bridgehead atoms. The zero-order valence-electron chi connectivity index (χ0n) is 13.3. The summed E-state index contributed by atoms with van der Waals surface area (Å²) in [5.41, 5.74) is 0.881. The van der Waals surface area contributed by atoms with E-state index in [4.69, 9.17) is 14.0 Å². The molecule has 7 nitrogen and oxygen atoms in total. The van der Waals surface area contributed by atoms with Gasteiger partial charge in [0.25, 0.3) is 5.89 Å². The fourth-order valence-electron chi connectivity index (χ4n) is 3.11. The Hall–Kier alpha value is -2.25. The smallest absolute Gasteiger partial charge is 0.252 e. The number of benzene rings is 1. The Bertz CT molecular complexity index is 697. The van der Waals surface area contributed by atoms with E-state index in [0.717, 1.165) is 12.0 Å². The molecule has 2 saturated heterocycles. The Kier molecular flexibility index (Phi) is 4.27. The second kappa shape index (κ2) is 6.70. The Morgan fingerprint density at radius 2 is 1.96 bits per heavy atom. The highest BCUT2D eigenvalue weighted by molar-refractivity contribution is 5.79. The van der Waals surface area contributed by atoms with Crippen molar-refractivity contribution in [3.05, 3.63) is 36.2 Å². The van der Waals surface area contributed by atoms with Crippen LogP contribution in [0.5, 0.6) is 0 Å². The van der Waals surface area contributed by atoms with E-state index < -0.39 is 0 Å². The maximum atomic E-state index is 12.8. The van der Waals surface area contributed by atoms with Crippen molar-refractivity contribution in [2.75, 3.05) is 33.0 Å². The van der Waals surface area contributed by atoms with Crippen LogP contribution >= 0.6 is 0 Å². The largest absolute Gasteiger partial charge is 0.381 e. The third kappa shape index (κ3) is 2.92. The van der Waals surface area contributed by atoms with Gasteiger partial charge in [-0.3, -0.25) is 4.79 Å². The van der Waals surface area contributed by atoms with Crippen LogP contribution in [0.3, 0.4) is 0 Å². The molecule has 1 aromatic heterocycles. The van der Waals surface area contributed by atoms with Crippen molar-refractivity contribution >= 4 is 5.91 Å². The summed E-state index contributed by atoms with van der Waals surface area (Å²) in [5.74, 6) is 0.941. The average molecular weight is 329 g/mol. The second-order valence-electron chi connectivity index (χ2n) is 6.01. The number of hydrogen-bond donors (Lipinski definition) is 0. The third-order valence-corrected chi connectivity index (χ3v) is 4.45. The van der Waals surface area contributed by atoms with Gasteiger partial charge >= 0.3 is 0 Å². The van der Waals surface area contributed by atoms with Crippen LogP contribution < -0.4 is 0 Å². The summed E-state index contributed by atoms with van der Waals surface area (Å²) in [6.07, 6.45) is 0.766. The van der Waals surface area contributed by atoms with Crippen LogP contribution in [0.2, 0.25) is 0 Å². The van der Waals surface area contributed by atoms with Crippen LogP contribution in [0.15, 0.2) is 34.9 Å². The molecule has 0 N–H and O–H groups in total. The van der Waals surface area contributed by atoms with E-state index in [-0.39, 0.29) is 17.9 Å². The molecule has 2 aromatic rings. The van der Waals surface area contributed by atoms with Gasteiger partial charge in [0.15, 0.2) is 0 Å². The molecule has 0 unspecified atom stereocenters. The Balaban J connectivity index is 1.57. The summed E-state index contributed by atoms with van der Waals surface area (Å²) < 4.78 is 16.3. The molecule has 2 atom stereocenters. The first-order chi connectivity index (χ1) is 11.8. The van der Waals surface area contributed by atoms with E-state index in [1.807, 2.05) is 30.3 Å². The standard InChI is InChI=1S/C17H19N3O4/c21-17(13-6-8-22-10-13)20-7-9-23-11-14(20)16-18-15(19-24-16)12-4-2-1-3-5-12/h1-5,13-14H,6-11H2/t13-,14+/m1/s1. The molecule has 0 radical (unpaired) electrons. The third-order valence-electron chi connectivity index (χ3n) is 4.45. The SMILES string of the molecule is O=C([C@@H]1CCOC1)N1CCOC[C@H]1c1nc(-c2ccccc2)no1. The van der Waals surface area contributed by atoms with E-state index in [0.29, 0.717) is 44.7 Å². The number of carbonyl (C=O) groups is 1. The normalized spacial score (nSPS) is 24.2. The van der Waals surface area contributed by atoms with Gasteiger partial charge in [-0.25, -0.2) is 0 Å². The van der Waals surface area contributed by atoms with Crippen molar-refractivity contribution in [2.24, 2.45) is 5.92 Å². The minimum absolute atomic E-state index is 0.0814. The van der Waals surface area contributed by atoms with Gasteiger partial charge in [-0.2, -0.15) is 4.98 Å². The summed E-state index contributed by atoms with van der Waals surface area (Å²) in [6.45, 7) is 2.56. The summed E-state index contributed by atoms with van der Waals surface area (Å²) in [4.78, 5) is 19.0. The van der Waals surface area contributed by atoms with Crippen molar-refractivity contribution in [3.63, 3.8) is 0 Å². The number of ether oxygens (including phenoxy) is 2. The first-order valence-corrected chi connectivity index (χ1v) is 8.18. The predicted molar refractivity (Wildman–Crippen MR) is 83.9 cm³/mol. The van der Waals surface area contributed by atoms with Gasteiger partial charge in [0, 0.05) is 18.7 Å². The average Bonchev–Trinajstić information content (AvgIpc) is 3.34. The molecule has 126 valence electrons. The number of morpholine rings is 1. The number of hydrogen-bond acceptors (Lipinski definition) is 6. The van der Waals surface area contributed by atoms with Crippen molar-refractivity contribution in [2.45, 2.75) is 12.5 Å². The topological polar surface area (TPSA) is 77.7 Å². The lowest BCUT2D eigenvalue weighted by atomic mass is 10.1. The lowest BCUT2D eigenvalue weighted by Gasteiger charge is -2.34. The van der Waals surface area contributed by atoms with E-state index in [1.165, 1.54) is 0 Å². The van der Waals surface area contributed by atoms with Crippen LogP contribution in [-0.4, -0.2) is 53.9 Å². The van der Waals surface area contributed by atoms with E-state index >= 15 is 0 Å². The van der Waals surface area contributed by atoms with Gasteiger partial charge in [-0.1, -0.05) is 35.5 Å². The lowest BCUT2D eigenvalue weighted by Crippen LogP contribution is -2.46. The van der Waals surface area contributed by atoms with Crippen molar-refractivity contribution in [1.82, 2.24) is 15.0 Å². The molecule has 7 heteroatoms. The van der Waals surface area contributed by atoms with Crippen LogP contribution in [0.1, 0.15) is 18.4 Å². The minimum atomic E-state index is -0.336. The van der Waals surface area contributed by atoms with Crippen molar-refractivity contribution < 1.29 is 18.8 Å². The first-order valence-electron chi connectivity index (χ1n) is 8.18. The van der Waals surface area contributed by atoms with Crippen molar-refractivity contribution in [3.8, 4) is 11.4 Å². The maximum Gasteiger partial charge on any atom is 0.252 e. The first kappa shape index (κ1) is 15.3. The van der Waals surface area contributed by atoms with Gasteiger partial charge in [0.05, 0.1) is 25.7 Å². The van der Waals surface area contributed by atoms with Crippen LogP contribution in [0.25, 0.3) is 11.4 Å². The van der Waals surface area contributed by atoms with Gasteiger partial charge in [-0.05, 0) is 6.42 Å². The molecular formula is C17H19N3O4. The van der Waals surface area contributed by atoms with E-state index in [1.54, 1.807) is 4.90 Å². The van der Waals surface area contributed by atoms with E-state index in [9.17, 15) is 4.79 Å². The highest BCUT2D eigenvalue weighted by atomic mass is 16.5. The van der Waals surface area contributed by atoms with Crippen molar-refractivity contribution in [1.29, 1.82) is 0 Å². The van der Waals surface area contributed by atoms with Gasteiger partial charge in [0.1, 0.15) is 6.04 Å².